The minimum Gasteiger partial charge on any atom is -0.491 e. The highest BCUT2D eigenvalue weighted by Crippen LogP contribution is 2.31. The van der Waals surface area contributed by atoms with Crippen LogP contribution in [0.1, 0.15) is 17.3 Å². The summed E-state index contributed by atoms with van der Waals surface area (Å²) in [5, 5.41) is 2.96. The van der Waals surface area contributed by atoms with Gasteiger partial charge in [-0.25, -0.2) is 0 Å². The lowest BCUT2D eigenvalue weighted by Gasteiger charge is -2.11. The van der Waals surface area contributed by atoms with Crippen LogP contribution in [0.25, 0.3) is 0 Å². The number of anilines is 1. The number of para-hydroxylation sites is 1. The lowest BCUT2D eigenvalue weighted by Crippen LogP contribution is -2.30. The molecule has 0 spiro atoms. The summed E-state index contributed by atoms with van der Waals surface area (Å²) in [7, 11) is 0. The third-order valence-electron chi connectivity index (χ3n) is 3.22. The molecule has 3 rings (SSSR count). The number of benzene rings is 1. The van der Waals surface area contributed by atoms with Gasteiger partial charge in [-0.3, -0.25) is 9.78 Å². The van der Waals surface area contributed by atoms with Crippen LogP contribution < -0.4 is 15.8 Å². The van der Waals surface area contributed by atoms with Gasteiger partial charge in [0.15, 0.2) is 0 Å². The number of nitrogen functional groups attached to an aromatic ring is 1. The van der Waals surface area contributed by atoms with Gasteiger partial charge in [0.25, 0.3) is 0 Å². The number of carbonyl (C=O) groups excluding carboxylic acids is 1. The highest BCUT2D eigenvalue weighted by atomic mass is 16.5. The maximum atomic E-state index is 12.0. The first-order valence-electron chi connectivity index (χ1n) is 6.44. The number of nitrogens with two attached hydrogens (primary N) is 1. The zero-order valence-corrected chi connectivity index (χ0v) is 10.9. The van der Waals surface area contributed by atoms with E-state index in [4.69, 9.17) is 10.5 Å². The van der Waals surface area contributed by atoms with Gasteiger partial charge in [0.05, 0.1) is 24.3 Å². The molecule has 0 saturated carbocycles. The van der Waals surface area contributed by atoms with E-state index in [2.05, 4.69) is 10.3 Å². The minimum absolute atomic E-state index is 0.0763. The Morgan fingerprint density at radius 1 is 1.35 bits per heavy atom. The molecule has 1 amide bonds. The molecule has 2 heterocycles. The monoisotopic (exact) mass is 269 g/mol. The predicted molar refractivity (Wildman–Crippen MR) is 75.2 cm³/mol. The second-order valence-corrected chi connectivity index (χ2v) is 4.73. The molecular weight excluding hydrogens is 254 g/mol. The molecule has 0 radical (unpaired) electrons. The zero-order chi connectivity index (χ0) is 13.9. The smallest absolute Gasteiger partial charge is 0.226 e. The van der Waals surface area contributed by atoms with E-state index in [1.165, 1.54) is 0 Å². The van der Waals surface area contributed by atoms with Crippen molar-refractivity contribution in [2.24, 2.45) is 0 Å². The van der Waals surface area contributed by atoms with Crippen LogP contribution in [0, 0.1) is 0 Å². The molecule has 20 heavy (non-hydrogen) atoms. The lowest BCUT2D eigenvalue weighted by molar-refractivity contribution is -0.121. The van der Waals surface area contributed by atoms with Crippen molar-refractivity contribution >= 4 is 11.6 Å². The van der Waals surface area contributed by atoms with Gasteiger partial charge in [0.2, 0.25) is 5.91 Å². The van der Waals surface area contributed by atoms with Crippen LogP contribution in [-0.2, 0) is 11.2 Å². The van der Waals surface area contributed by atoms with Gasteiger partial charge in [-0.05, 0) is 18.2 Å². The van der Waals surface area contributed by atoms with Crippen LogP contribution in [0.15, 0.2) is 42.6 Å². The molecule has 1 aliphatic heterocycles. The van der Waals surface area contributed by atoms with Crippen molar-refractivity contribution in [2.45, 2.75) is 12.5 Å². The summed E-state index contributed by atoms with van der Waals surface area (Å²) in [6.07, 6.45) is 1.79. The number of nitrogens with zero attached hydrogens (tertiary/aromatic N) is 1. The van der Waals surface area contributed by atoms with Crippen LogP contribution in [-0.4, -0.2) is 17.5 Å². The number of amides is 1. The van der Waals surface area contributed by atoms with E-state index in [0.29, 0.717) is 18.0 Å². The Morgan fingerprint density at radius 2 is 2.20 bits per heavy atom. The summed E-state index contributed by atoms with van der Waals surface area (Å²) < 4.78 is 5.53. The van der Waals surface area contributed by atoms with E-state index in [-0.39, 0.29) is 18.4 Å². The molecule has 0 aliphatic carbocycles. The van der Waals surface area contributed by atoms with Crippen molar-refractivity contribution in [3.63, 3.8) is 0 Å². The van der Waals surface area contributed by atoms with Crippen molar-refractivity contribution in [3.05, 3.63) is 53.9 Å². The molecule has 2 aromatic rings. The van der Waals surface area contributed by atoms with E-state index in [1.54, 1.807) is 18.3 Å². The summed E-state index contributed by atoms with van der Waals surface area (Å²) in [6.45, 7) is 0.472. The molecule has 1 atom stereocenters. The number of aromatic nitrogens is 1. The molecule has 0 fully saturated rings. The fourth-order valence-electron chi connectivity index (χ4n) is 2.23. The fraction of sp³-hybridized carbons (Fsp3) is 0.200. The second kappa shape index (κ2) is 5.21. The van der Waals surface area contributed by atoms with Crippen LogP contribution in [0.5, 0.6) is 5.75 Å². The largest absolute Gasteiger partial charge is 0.491 e. The topological polar surface area (TPSA) is 77.2 Å². The van der Waals surface area contributed by atoms with E-state index in [1.807, 2.05) is 24.3 Å². The number of fused-ring (bicyclic) bond motifs is 1. The SMILES string of the molecule is Nc1ccc(CC(=O)NC2COc3ccccc32)nc1. The Morgan fingerprint density at radius 3 is 3.00 bits per heavy atom. The molecule has 0 saturated heterocycles. The lowest BCUT2D eigenvalue weighted by atomic mass is 10.1. The Balaban J connectivity index is 1.64. The summed E-state index contributed by atoms with van der Waals surface area (Å²) in [4.78, 5) is 16.1. The summed E-state index contributed by atoms with van der Waals surface area (Å²) in [5.41, 5.74) is 7.87. The Labute approximate surface area is 116 Å². The first kappa shape index (κ1) is 12.5. The van der Waals surface area contributed by atoms with Crippen molar-refractivity contribution < 1.29 is 9.53 Å². The number of hydrogen-bond acceptors (Lipinski definition) is 4. The van der Waals surface area contributed by atoms with Crippen molar-refractivity contribution in [2.75, 3.05) is 12.3 Å². The first-order valence-corrected chi connectivity index (χ1v) is 6.44. The second-order valence-electron chi connectivity index (χ2n) is 4.73. The summed E-state index contributed by atoms with van der Waals surface area (Å²) in [6, 6.07) is 11.1. The van der Waals surface area contributed by atoms with E-state index >= 15 is 0 Å². The maximum absolute atomic E-state index is 12.0. The number of rotatable bonds is 3. The number of ether oxygens (including phenoxy) is 1. The third-order valence-corrected chi connectivity index (χ3v) is 3.22. The molecule has 5 heteroatoms. The van der Waals surface area contributed by atoms with Gasteiger partial charge < -0.3 is 15.8 Å². The first-order chi connectivity index (χ1) is 9.72. The van der Waals surface area contributed by atoms with Gasteiger partial charge in [0, 0.05) is 11.3 Å². The predicted octanol–water partition coefficient (Wildman–Crippen LogP) is 1.46. The quantitative estimate of drug-likeness (QED) is 0.884. The highest BCUT2D eigenvalue weighted by Gasteiger charge is 2.24. The molecule has 102 valence electrons. The molecule has 1 aromatic carbocycles. The Kier molecular flexibility index (Phi) is 3.25. The normalized spacial score (nSPS) is 16.3. The Hall–Kier alpha value is -2.56. The average Bonchev–Trinajstić information content (AvgIpc) is 2.85. The van der Waals surface area contributed by atoms with E-state index in [9.17, 15) is 4.79 Å². The molecule has 0 bridgehead atoms. The van der Waals surface area contributed by atoms with Gasteiger partial charge in [-0.15, -0.1) is 0 Å². The van der Waals surface area contributed by atoms with E-state index < -0.39 is 0 Å². The Bertz CT molecular complexity index is 625. The molecule has 3 N–H and O–H groups in total. The van der Waals surface area contributed by atoms with Gasteiger partial charge >= 0.3 is 0 Å². The minimum atomic E-state index is -0.0903. The molecular formula is C15H15N3O2. The zero-order valence-electron chi connectivity index (χ0n) is 10.9. The summed E-state index contributed by atoms with van der Waals surface area (Å²) in [5.74, 6) is 0.760. The summed E-state index contributed by atoms with van der Waals surface area (Å²) >= 11 is 0. The fourth-order valence-corrected chi connectivity index (χ4v) is 2.23. The molecule has 1 aliphatic rings. The van der Waals surface area contributed by atoms with Gasteiger partial charge in [-0.1, -0.05) is 18.2 Å². The number of nitrogens with one attached hydrogen (secondary N) is 1. The van der Waals surface area contributed by atoms with Crippen LogP contribution in [0.4, 0.5) is 5.69 Å². The van der Waals surface area contributed by atoms with Crippen molar-refractivity contribution in [1.82, 2.24) is 10.3 Å². The molecule has 5 nitrogen and oxygen atoms in total. The van der Waals surface area contributed by atoms with Crippen molar-refractivity contribution in [1.29, 1.82) is 0 Å². The third kappa shape index (κ3) is 2.56. The van der Waals surface area contributed by atoms with Crippen LogP contribution >= 0.6 is 0 Å². The number of carbonyl (C=O) groups is 1. The van der Waals surface area contributed by atoms with Gasteiger partial charge in [0.1, 0.15) is 12.4 Å². The molecule has 1 aromatic heterocycles. The average molecular weight is 269 g/mol. The van der Waals surface area contributed by atoms with Crippen LogP contribution in [0.3, 0.4) is 0 Å². The highest BCUT2D eigenvalue weighted by molar-refractivity contribution is 5.79. The maximum Gasteiger partial charge on any atom is 0.226 e. The van der Waals surface area contributed by atoms with Crippen molar-refractivity contribution in [3.8, 4) is 5.75 Å². The van der Waals surface area contributed by atoms with Gasteiger partial charge in [-0.2, -0.15) is 0 Å². The standard InChI is InChI=1S/C15H15N3O2/c16-10-5-6-11(17-8-10)7-15(19)18-13-9-20-14-4-2-1-3-12(13)14/h1-6,8,13H,7,9,16H2,(H,18,19). The number of hydrogen-bond donors (Lipinski definition) is 2. The molecule has 1 unspecified atom stereocenters. The number of pyridine rings is 1. The van der Waals surface area contributed by atoms with E-state index in [0.717, 1.165) is 11.3 Å². The van der Waals surface area contributed by atoms with Crippen LogP contribution in [0.2, 0.25) is 0 Å².